The fourth-order valence-corrected chi connectivity index (χ4v) is 5.50. The van der Waals surface area contributed by atoms with Crippen molar-refractivity contribution in [1.29, 1.82) is 0 Å². The normalized spacial score (nSPS) is 16.1. The number of amides is 1. The van der Waals surface area contributed by atoms with Crippen LogP contribution in [0, 0.1) is 0 Å². The summed E-state index contributed by atoms with van der Waals surface area (Å²) in [6.45, 7) is 0. The van der Waals surface area contributed by atoms with Gasteiger partial charge in [-0.3, -0.25) is 4.79 Å². The number of rotatable bonds is 6. The Morgan fingerprint density at radius 2 is 1.90 bits per heavy atom. The van der Waals surface area contributed by atoms with Gasteiger partial charge >= 0.3 is 0 Å². The molecule has 4 heterocycles. The number of hydrogen-bond acceptors (Lipinski definition) is 8. The second-order valence-electron chi connectivity index (χ2n) is 6.50. The number of nitrogens with zero attached hydrogens (tertiary/aromatic N) is 6. The molecule has 7 nitrogen and oxygen atoms in total. The minimum absolute atomic E-state index is 0.0624. The molecule has 1 atom stereocenters. The van der Waals surface area contributed by atoms with Gasteiger partial charge in [-0.2, -0.15) is 9.78 Å². The molecule has 1 aromatic carbocycles. The topological polar surface area (TPSA) is 76.3 Å². The third-order valence-electron chi connectivity index (χ3n) is 4.61. The third-order valence-corrected chi connectivity index (χ3v) is 7.41. The van der Waals surface area contributed by atoms with Crippen molar-refractivity contribution in [2.75, 3.05) is 5.75 Å². The Kier molecular flexibility index (Phi) is 5.43. The van der Waals surface area contributed by atoms with E-state index in [0.717, 1.165) is 27.6 Å². The van der Waals surface area contributed by atoms with Crippen LogP contribution in [-0.4, -0.2) is 42.6 Å². The van der Waals surface area contributed by atoms with E-state index in [1.54, 1.807) is 32.4 Å². The Bertz CT molecular complexity index is 1150. The monoisotopic (exact) mass is 452 g/mol. The number of carbonyl (C=O) groups excluding carboxylic acids is 1. The Balaban J connectivity index is 1.35. The Hall–Kier alpha value is -2.82. The molecule has 0 radical (unpaired) electrons. The van der Waals surface area contributed by atoms with Crippen LogP contribution in [0.15, 0.2) is 75.6 Å². The molecular formula is C20H16N6OS3. The summed E-state index contributed by atoms with van der Waals surface area (Å²) in [5.41, 5.74) is 1.81. The Morgan fingerprint density at radius 1 is 1.07 bits per heavy atom. The predicted octanol–water partition coefficient (Wildman–Crippen LogP) is 4.26. The molecular weight excluding hydrogens is 436 g/mol. The van der Waals surface area contributed by atoms with Gasteiger partial charge in [-0.25, -0.2) is 5.01 Å². The molecule has 0 N–H and O–H groups in total. The van der Waals surface area contributed by atoms with Gasteiger partial charge in [0.2, 0.25) is 5.16 Å². The number of benzene rings is 1. The Labute approximate surface area is 185 Å². The molecule has 1 aliphatic rings. The zero-order valence-corrected chi connectivity index (χ0v) is 18.1. The molecule has 10 heteroatoms. The van der Waals surface area contributed by atoms with Crippen molar-refractivity contribution >= 4 is 46.1 Å². The zero-order chi connectivity index (χ0) is 20.3. The van der Waals surface area contributed by atoms with Crippen LogP contribution in [0.4, 0.5) is 0 Å². The van der Waals surface area contributed by atoms with Gasteiger partial charge in [0.25, 0.3) is 5.91 Å². The summed E-state index contributed by atoms with van der Waals surface area (Å²) >= 11 is 4.61. The van der Waals surface area contributed by atoms with Crippen molar-refractivity contribution in [3.05, 3.63) is 75.1 Å². The first-order chi connectivity index (χ1) is 14.8. The number of hydrazone groups is 1. The number of thiophene rings is 2. The predicted molar refractivity (Wildman–Crippen MR) is 119 cm³/mol. The maximum absolute atomic E-state index is 13.1. The van der Waals surface area contributed by atoms with Crippen LogP contribution in [0.2, 0.25) is 0 Å². The summed E-state index contributed by atoms with van der Waals surface area (Å²) in [6, 6.07) is 17.7. The maximum Gasteiger partial charge on any atom is 0.253 e. The fraction of sp³-hybridized carbons (Fsp3) is 0.150. The van der Waals surface area contributed by atoms with E-state index in [-0.39, 0.29) is 17.7 Å². The fourth-order valence-electron chi connectivity index (χ4n) is 3.23. The highest BCUT2D eigenvalue weighted by atomic mass is 32.2. The largest absolute Gasteiger partial charge is 0.272 e. The van der Waals surface area contributed by atoms with Crippen molar-refractivity contribution in [2.24, 2.45) is 5.10 Å². The standard InChI is InChI=1S/C20H16N6OS3/c27-19(13-30-20-21-23-24-25(20)14-6-2-1-3-7-14)26-16(18-9-5-11-29-18)12-15(22-26)17-8-4-10-28-17/h1-11,16H,12-13H2/t16-/m0/s1. The average molecular weight is 453 g/mol. The number of carbonyl (C=O) groups is 1. The van der Waals surface area contributed by atoms with Gasteiger partial charge in [0.1, 0.15) is 0 Å². The molecule has 0 fully saturated rings. The minimum Gasteiger partial charge on any atom is -0.272 e. The van der Waals surface area contributed by atoms with Crippen molar-refractivity contribution in [2.45, 2.75) is 17.6 Å². The molecule has 0 aliphatic carbocycles. The van der Waals surface area contributed by atoms with Crippen LogP contribution in [0.25, 0.3) is 5.69 Å². The van der Waals surface area contributed by atoms with Crippen LogP contribution in [0.1, 0.15) is 22.2 Å². The molecule has 5 rings (SSSR count). The molecule has 30 heavy (non-hydrogen) atoms. The number of hydrogen-bond donors (Lipinski definition) is 0. The molecule has 1 aliphatic heterocycles. The van der Waals surface area contributed by atoms with E-state index in [2.05, 4.69) is 21.6 Å². The number of aromatic nitrogens is 4. The SMILES string of the molecule is O=C(CSc1nnnn1-c1ccccc1)N1N=C(c2cccs2)C[C@H]1c1cccs1. The summed E-state index contributed by atoms with van der Waals surface area (Å²) < 4.78 is 1.64. The van der Waals surface area contributed by atoms with Gasteiger partial charge < -0.3 is 0 Å². The van der Waals surface area contributed by atoms with Crippen molar-refractivity contribution in [1.82, 2.24) is 25.2 Å². The molecule has 1 amide bonds. The first-order valence-electron chi connectivity index (χ1n) is 9.23. The molecule has 0 spiro atoms. The summed E-state index contributed by atoms with van der Waals surface area (Å²) in [4.78, 5) is 15.4. The summed E-state index contributed by atoms with van der Waals surface area (Å²) in [6.07, 6.45) is 0.721. The lowest BCUT2D eigenvalue weighted by molar-refractivity contribution is -0.130. The minimum atomic E-state index is -0.0691. The zero-order valence-electron chi connectivity index (χ0n) is 15.7. The number of thioether (sulfide) groups is 1. The van der Waals surface area contributed by atoms with Crippen molar-refractivity contribution < 1.29 is 4.79 Å². The van der Waals surface area contributed by atoms with Gasteiger partial charge in [-0.05, 0) is 45.5 Å². The Morgan fingerprint density at radius 3 is 2.67 bits per heavy atom. The highest BCUT2D eigenvalue weighted by Gasteiger charge is 2.34. The van der Waals surface area contributed by atoms with Gasteiger partial charge in [0.15, 0.2) is 0 Å². The molecule has 3 aromatic heterocycles. The van der Waals surface area contributed by atoms with E-state index in [4.69, 9.17) is 5.10 Å². The third kappa shape index (κ3) is 3.81. The lowest BCUT2D eigenvalue weighted by Crippen LogP contribution is -2.28. The first-order valence-corrected chi connectivity index (χ1v) is 12.0. The molecule has 150 valence electrons. The highest BCUT2D eigenvalue weighted by Crippen LogP contribution is 2.36. The van der Waals surface area contributed by atoms with Gasteiger partial charge in [0.05, 0.1) is 28.1 Å². The second-order valence-corrected chi connectivity index (χ2v) is 9.36. The summed E-state index contributed by atoms with van der Waals surface area (Å²) in [5.74, 6) is 0.142. The average Bonchev–Trinajstić information content (AvgIpc) is 3.57. The lowest BCUT2D eigenvalue weighted by Gasteiger charge is -2.20. The number of tetrazole rings is 1. The molecule has 0 saturated heterocycles. The van der Waals surface area contributed by atoms with Gasteiger partial charge in [-0.15, -0.1) is 27.8 Å². The molecule has 0 unspecified atom stereocenters. The lowest BCUT2D eigenvalue weighted by atomic mass is 10.1. The van der Waals surface area contributed by atoms with E-state index in [1.807, 2.05) is 59.3 Å². The second kappa shape index (κ2) is 8.50. The maximum atomic E-state index is 13.1. The first kappa shape index (κ1) is 19.2. The smallest absolute Gasteiger partial charge is 0.253 e. The quantitative estimate of drug-likeness (QED) is 0.409. The van der Waals surface area contributed by atoms with Crippen LogP contribution in [-0.2, 0) is 4.79 Å². The molecule has 0 saturated carbocycles. The van der Waals surface area contributed by atoms with Crippen LogP contribution >= 0.6 is 34.4 Å². The molecule has 4 aromatic rings. The highest BCUT2D eigenvalue weighted by molar-refractivity contribution is 7.99. The van der Waals surface area contributed by atoms with Crippen LogP contribution in [0.3, 0.4) is 0 Å². The van der Waals surface area contributed by atoms with E-state index < -0.39 is 0 Å². The van der Waals surface area contributed by atoms with E-state index in [1.165, 1.54) is 11.8 Å². The summed E-state index contributed by atoms with van der Waals surface area (Å²) in [5, 5.41) is 22.9. The van der Waals surface area contributed by atoms with E-state index >= 15 is 0 Å². The van der Waals surface area contributed by atoms with Gasteiger partial charge in [-0.1, -0.05) is 42.1 Å². The van der Waals surface area contributed by atoms with E-state index in [9.17, 15) is 4.79 Å². The van der Waals surface area contributed by atoms with Crippen LogP contribution < -0.4 is 0 Å². The van der Waals surface area contributed by atoms with Crippen molar-refractivity contribution in [3.8, 4) is 5.69 Å². The van der Waals surface area contributed by atoms with Crippen molar-refractivity contribution in [3.63, 3.8) is 0 Å². The summed E-state index contributed by atoms with van der Waals surface area (Å²) in [7, 11) is 0. The van der Waals surface area contributed by atoms with E-state index in [0.29, 0.717) is 5.16 Å². The number of para-hydroxylation sites is 1. The van der Waals surface area contributed by atoms with Crippen LogP contribution in [0.5, 0.6) is 0 Å². The molecule has 0 bridgehead atoms. The van der Waals surface area contributed by atoms with Gasteiger partial charge in [0, 0.05) is 11.3 Å².